The molecule has 0 aliphatic carbocycles. The van der Waals surface area contributed by atoms with Crippen LogP contribution in [0.5, 0.6) is 5.75 Å². The Labute approximate surface area is 112 Å². The molecule has 1 N–H and O–H groups in total. The summed E-state index contributed by atoms with van der Waals surface area (Å²) >= 11 is 2.01. The Morgan fingerprint density at radius 3 is 2.65 bits per heavy atom. The van der Waals surface area contributed by atoms with Crippen LogP contribution in [0.2, 0.25) is 0 Å². The van der Waals surface area contributed by atoms with Crippen LogP contribution in [0.15, 0.2) is 48.7 Å². The highest BCUT2D eigenvalue weighted by molar-refractivity contribution is 14.1. The Bertz CT molecular complexity index is 517. The fourth-order valence-corrected chi connectivity index (χ4v) is 1.66. The molecule has 0 aliphatic rings. The summed E-state index contributed by atoms with van der Waals surface area (Å²) in [5.41, 5.74) is 0.691. The normalized spacial score (nSPS) is 9.71. The van der Waals surface area contributed by atoms with Crippen LogP contribution in [0.4, 0.5) is 10.5 Å². The average molecular weight is 340 g/mol. The number of carbonyl (C=O) groups is 1. The maximum Gasteiger partial charge on any atom is 0.417 e. The van der Waals surface area contributed by atoms with Gasteiger partial charge in [-0.25, -0.2) is 9.78 Å². The first-order chi connectivity index (χ1) is 8.25. The lowest BCUT2D eigenvalue weighted by molar-refractivity contribution is 0.214. The first-order valence-corrected chi connectivity index (χ1v) is 5.98. The summed E-state index contributed by atoms with van der Waals surface area (Å²) in [5, 5.41) is 2.63. The fourth-order valence-electron chi connectivity index (χ4n) is 1.21. The van der Waals surface area contributed by atoms with Gasteiger partial charge in [-0.3, -0.25) is 5.32 Å². The molecule has 0 bridgehead atoms. The maximum absolute atomic E-state index is 11.6. The average Bonchev–Trinajstić information content (AvgIpc) is 2.33. The number of para-hydroxylation sites is 1. The van der Waals surface area contributed by atoms with Crippen molar-refractivity contribution in [2.75, 3.05) is 5.32 Å². The van der Waals surface area contributed by atoms with E-state index in [0.717, 1.165) is 0 Å². The van der Waals surface area contributed by atoms with E-state index in [1.54, 1.807) is 30.5 Å². The highest BCUT2D eigenvalue weighted by Gasteiger charge is 2.07. The highest BCUT2D eigenvalue weighted by atomic mass is 127. The molecule has 1 heterocycles. The van der Waals surface area contributed by atoms with E-state index in [2.05, 4.69) is 10.3 Å². The van der Waals surface area contributed by atoms with Gasteiger partial charge in [0.25, 0.3) is 0 Å². The lowest BCUT2D eigenvalue weighted by Crippen LogP contribution is -2.17. The fraction of sp³-hybridized carbons (Fsp3) is 0. The zero-order chi connectivity index (χ0) is 12.1. The predicted molar refractivity (Wildman–Crippen MR) is 73.0 cm³/mol. The molecule has 0 fully saturated rings. The third-order valence-corrected chi connectivity index (χ3v) is 2.76. The number of anilines is 1. The quantitative estimate of drug-likeness (QED) is 0.674. The van der Waals surface area contributed by atoms with Gasteiger partial charge in [-0.1, -0.05) is 18.2 Å². The number of rotatable bonds is 2. The van der Waals surface area contributed by atoms with Crippen molar-refractivity contribution >= 4 is 34.4 Å². The number of hydrogen-bond acceptors (Lipinski definition) is 3. The van der Waals surface area contributed by atoms with Gasteiger partial charge >= 0.3 is 6.09 Å². The van der Waals surface area contributed by atoms with E-state index >= 15 is 0 Å². The molecule has 86 valence electrons. The molecule has 1 aromatic carbocycles. The number of carbonyl (C=O) groups excluding carboxylic acids is 1. The minimum atomic E-state index is -0.526. The first-order valence-electron chi connectivity index (χ1n) is 4.90. The number of halogens is 1. The van der Waals surface area contributed by atoms with Crippen molar-refractivity contribution in [1.82, 2.24) is 4.98 Å². The Hall–Kier alpha value is -1.63. The van der Waals surface area contributed by atoms with Crippen LogP contribution >= 0.6 is 22.6 Å². The SMILES string of the molecule is O=C(Nc1ccccc1)Oc1cccnc1I. The molecule has 0 aliphatic heterocycles. The van der Waals surface area contributed by atoms with Gasteiger partial charge < -0.3 is 4.74 Å². The summed E-state index contributed by atoms with van der Waals surface area (Å²) in [6.07, 6.45) is 1.12. The molecule has 1 aromatic heterocycles. The van der Waals surface area contributed by atoms with Gasteiger partial charge in [0, 0.05) is 11.9 Å². The van der Waals surface area contributed by atoms with Crippen LogP contribution < -0.4 is 10.1 Å². The summed E-state index contributed by atoms with van der Waals surface area (Å²) < 4.78 is 5.78. The van der Waals surface area contributed by atoms with Crippen molar-refractivity contribution in [3.05, 3.63) is 52.4 Å². The van der Waals surface area contributed by atoms with E-state index in [1.807, 2.05) is 40.8 Å². The molecule has 2 rings (SSSR count). The molecule has 0 radical (unpaired) electrons. The standard InChI is InChI=1S/C12H9IN2O2/c13-11-10(7-4-8-14-11)17-12(16)15-9-5-2-1-3-6-9/h1-8H,(H,15,16). The van der Waals surface area contributed by atoms with Crippen molar-refractivity contribution in [3.63, 3.8) is 0 Å². The number of aromatic nitrogens is 1. The zero-order valence-corrected chi connectivity index (χ0v) is 10.9. The van der Waals surface area contributed by atoms with Crippen LogP contribution in [0, 0.1) is 3.70 Å². The van der Waals surface area contributed by atoms with Crippen LogP contribution in [-0.2, 0) is 0 Å². The lowest BCUT2D eigenvalue weighted by Gasteiger charge is -2.06. The van der Waals surface area contributed by atoms with Gasteiger partial charge in [-0.15, -0.1) is 0 Å². The lowest BCUT2D eigenvalue weighted by atomic mass is 10.3. The van der Waals surface area contributed by atoms with Gasteiger partial charge in [0.15, 0.2) is 5.75 Å². The van der Waals surface area contributed by atoms with Crippen LogP contribution in [-0.4, -0.2) is 11.1 Å². The van der Waals surface area contributed by atoms with E-state index in [9.17, 15) is 4.79 Å². The van der Waals surface area contributed by atoms with Gasteiger partial charge in [0.05, 0.1) is 0 Å². The van der Waals surface area contributed by atoms with Gasteiger partial charge in [0.2, 0.25) is 0 Å². The van der Waals surface area contributed by atoms with Crippen molar-refractivity contribution in [1.29, 1.82) is 0 Å². The van der Waals surface area contributed by atoms with E-state index < -0.39 is 6.09 Å². The predicted octanol–water partition coefficient (Wildman–Crippen LogP) is 3.30. The van der Waals surface area contributed by atoms with Gasteiger partial charge in [-0.2, -0.15) is 0 Å². The topological polar surface area (TPSA) is 51.2 Å². The maximum atomic E-state index is 11.6. The number of nitrogens with zero attached hydrogens (tertiary/aromatic N) is 1. The minimum Gasteiger partial charge on any atom is -0.407 e. The Morgan fingerprint density at radius 1 is 1.18 bits per heavy atom. The monoisotopic (exact) mass is 340 g/mol. The molecule has 0 atom stereocenters. The molecular weight excluding hydrogens is 331 g/mol. The summed E-state index contributed by atoms with van der Waals surface area (Å²) in [6.45, 7) is 0. The first kappa shape index (κ1) is 11.8. The molecule has 2 aromatic rings. The number of ether oxygens (including phenoxy) is 1. The van der Waals surface area contributed by atoms with E-state index in [-0.39, 0.29) is 0 Å². The zero-order valence-electron chi connectivity index (χ0n) is 8.76. The molecule has 5 heteroatoms. The van der Waals surface area contributed by atoms with Crippen LogP contribution in [0.1, 0.15) is 0 Å². The van der Waals surface area contributed by atoms with Crippen molar-refractivity contribution in [2.24, 2.45) is 0 Å². The number of nitrogens with one attached hydrogen (secondary N) is 1. The molecular formula is C12H9IN2O2. The Balaban J connectivity index is 2.01. The highest BCUT2D eigenvalue weighted by Crippen LogP contribution is 2.17. The molecule has 17 heavy (non-hydrogen) atoms. The van der Waals surface area contributed by atoms with Gasteiger partial charge in [-0.05, 0) is 46.9 Å². The third kappa shape index (κ3) is 3.42. The van der Waals surface area contributed by atoms with E-state index in [0.29, 0.717) is 15.1 Å². The Morgan fingerprint density at radius 2 is 1.94 bits per heavy atom. The van der Waals surface area contributed by atoms with E-state index in [1.165, 1.54) is 0 Å². The molecule has 0 unspecified atom stereocenters. The minimum absolute atomic E-state index is 0.446. The second kappa shape index (κ2) is 5.62. The number of amides is 1. The number of benzene rings is 1. The third-order valence-electron chi connectivity index (χ3n) is 1.95. The number of hydrogen-bond donors (Lipinski definition) is 1. The summed E-state index contributed by atoms with van der Waals surface area (Å²) in [5.74, 6) is 0.446. The Kier molecular flexibility index (Phi) is 3.92. The second-order valence-electron chi connectivity index (χ2n) is 3.17. The smallest absolute Gasteiger partial charge is 0.407 e. The van der Waals surface area contributed by atoms with Gasteiger partial charge in [0.1, 0.15) is 3.70 Å². The summed E-state index contributed by atoms with van der Waals surface area (Å²) in [4.78, 5) is 15.6. The van der Waals surface area contributed by atoms with E-state index in [4.69, 9.17) is 4.74 Å². The summed E-state index contributed by atoms with van der Waals surface area (Å²) in [7, 11) is 0. The summed E-state index contributed by atoms with van der Waals surface area (Å²) in [6, 6.07) is 12.5. The molecule has 1 amide bonds. The number of pyridine rings is 1. The molecule has 4 nitrogen and oxygen atoms in total. The van der Waals surface area contributed by atoms with Crippen molar-refractivity contribution in [2.45, 2.75) is 0 Å². The van der Waals surface area contributed by atoms with Crippen molar-refractivity contribution in [3.8, 4) is 5.75 Å². The molecule has 0 saturated heterocycles. The van der Waals surface area contributed by atoms with Crippen molar-refractivity contribution < 1.29 is 9.53 Å². The second-order valence-corrected chi connectivity index (χ2v) is 4.19. The van der Waals surface area contributed by atoms with Crippen LogP contribution in [0.25, 0.3) is 0 Å². The largest absolute Gasteiger partial charge is 0.417 e. The molecule has 0 spiro atoms. The van der Waals surface area contributed by atoms with Crippen LogP contribution in [0.3, 0.4) is 0 Å². The molecule has 0 saturated carbocycles.